The highest BCUT2D eigenvalue weighted by atomic mass is 35.7. The number of aliphatic hydroxyl groups excluding tert-OH is 2. The third-order valence-electron chi connectivity index (χ3n) is 21.9. The number of rotatable bonds is 21. The number of hydrogen-bond acceptors (Lipinski definition) is 33. The smallest absolute Gasteiger partial charge is 0.376 e. The van der Waals surface area contributed by atoms with E-state index >= 15 is 0 Å². The van der Waals surface area contributed by atoms with Gasteiger partial charge in [0.1, 0.15) is 84.9 Å². The van der Waals surface area contributed by atoms with Gasteiger partial charge in [-0.3, -0.25) is 53.5 Å². The molecule has 5 aromatic carbocycles. The number of morpholine rings is 2. The van der Waals surface area contributed by atoms with Crippen molar-refractivity contribution in [1.29, 1.82) is 0 Å². The van der Waals surface area contributed by atoms with Crippen LogP contribution in [0.5, 0.6) is 34.5 Å². The van der Waals surface area contributed by atoms with Crippen molar-refractivity contribution in [2.24, 2.45) is 0 Å². The first kappa shape index (κ1) is 100. The summed E-state index contributed by atoms with van der Waals surface area (Å²) in [6, 6.07) is 28.6. The van der Waals surface area contributed by atoms with Gasteiger partial charge in [-0.15, -0.1) is 0 Å². The van der Waals surface area contributed by atoms with Gasteiger partial charge in [0.25, 0.3) is 32.2 Å². The van der Waals surface area contributed by atoms with Gasteiger partial charge in [0.05, 0.1) is 57.6 Å². The van der Waals surface area contributed by atoms with E-state index in [1.54, 1.807) is 55.6 Å². The number of nitro groups is 2. The lowest BCUT2D eigenvalue weighted by Crippen LogP contribution is -2.51. The van der Waals surface area contributed by atoms with Crippen LogP contribution in [0.4, 0.5) is 22.7 Å². The Morgan fingerprint density at radius 2 is 1.22 bits per heavy atom. The Morgan fingerprint density at radius 3 is 1.83 bits per heavy atom. The largest absolute Gasteiger partial charge is 0.508 e. The zero-order chi connectivity index (χ0) is 93.2. The maximum atomic E-state index is 12.3. The number of fused-ring (bicyclic) bond motifs is 7. The number of carbonyl (C=O) groups excluding carboxylic acids is 4. The van der Waals surface area contributed by atoms with Gasteiger partial charge in [0.15, 0.2) is 34.5 Å². The number of nitrogens with zero attached hydrogens (tertiary/aromatic N) is 7. The first-order valence-electron chi connectivity index (χ1n) is 43.0. The summed E-state index contributed by atoms with van der Waals surface area (Å²) in [5, 5.41) is 83.4. The van der Waals surface area contributed by atoms with Gasteiger partial charge in [0.2, 0.25) is 11.8 Å². The van der Waals surface area contributed by atoms with Crippen LogP contribution in [0.1, 0.15) is 70.4 Å². The van der Waals surface area contributed by atoms with Crippen LogP contribution in [-0.2, 0) is 56.7 Å². The van der Waals surface area contributed by atoms with Crippen LogP contribution >= 0.6 is 10.7 Å². The molecule has 0 saturated carbocycles. The molecular weight excluding hydrogens is 1750 g/mol. The number of β-amino-alcohol motifs (C(OH)–C–C–N with tert-alkyl or cyclic N) is 1. The number of para-hydroxylation sites is 2. The van der Waals surface area contributed by atoms with Gasteiger partial charge in [0, 0.05) is 85.3 Å². The predicted octanol–water partition coefficient (Wildman–Crippen LogP) is 6.70. The number of carbonyl (C=O) groups is 4. The molecule has 1 aromatic heterocycles. The fourth-order valence-corrected chi connectivity index (χ4v) is 17.8. The zero-order valence-corrected chi connectivity index (χ0v) is 75.1. The van der Waals surface area contributed by atoms with E-state index < -0.39 is 77.4 Å². The number of likely N-dealkylation sites (tertiary alicyclic amines) is 1. The molecule has 6 aromatic rings. The number of nitrogens with one attached hydrogen (secondary N) is 5. The van der Waals surface area contributed by atoms with E-state index in [1.165, 1.54) is 24.3 Å². The van der Waals surface area contributed by atoms with Crippen molar-refractivity contribution in [3.8, 4) is 34.5 Å². The summed E-state index contributed by atoms with van der Waals surface area (Å²) in [5.41, 5.74) is 2.16. The molecule has 9 aliphatic heterocycles. The monoisotopic (exact) mass is 1860 g/mol. The summed E-state index contributed by atoms with van der Waals surface area (Å²) >= 11 is 0. The molecule has 6 saturated heterocycles. The van der Waals surface area contributed by atoms with Gasteiger partial charge in [-0.05, 0) is 215 Å². The number of aromatic nitrogens is 1. The quantitative estimate of drug-likeness (QED) is 0.0118. The molecular formula is C85H110B3ClN12O27S2. The van der Waals surface area contributed by atoms with Gasteiger partial charge in [-0.25, -0.2) is 8.42 Å². The number of ether oxygens (including phenoxy) is 9. The molecule has 0 bridgehead atoms. The van der Waals surface area contributed by atoms with Crippen LogP contribution in [0.3, 0.4) is 0 Å². The summed E-state index contributed by atoms with van der Waals surface area (Å²) in [5.74, 6) is 4.75. The minimum atomic E-state index is -4.23. The summed E-state index contributed by atoms with van der Waals surface area (Å²) in [6.45, 7) is 18.9. The van der Waals surface area contributed by atoms with Crippen molar-refractivity contribution < 1.29 is 118 Å². The van der Waals surface area contributed by atoms with Gasteiger partial charge in [-0.2, -0.15) is 8.42 Å². The Labute approximate surface area is 759 Å². The highest BCUT2D eigenvalue weighted by molar-refractivity contribution is 8.13. The SMILES string of the molecule is CB(O)N1CCC[C@@H](O)C1.CB(O)N1CCC[C@@H](OS(=O)(=O)c2ccccc2[N+](=O)[O-])C1.CCCN(CCOc1ccc2c(c1)NC(=O)CO2)B(C)O.Cc1ccc2c3c(ccc2n1)OC[C@H](CN1CCC[C@@H](Oc2ccc4c(c2)NC(=O)CO4)C1)O3.O=C1COC2C=CC(O)=CC2N1.O=C1COC2C=CC(O[C@@H]3CCCNC3)=CC2N1.O=[N+]([O-])c1ccccc1S(=O)(=O)Cl. The third-order valence-corrected chi connectivity index (χ3v) is 24.6. The number of pyridine rings is 1. The van der Waals surface area contributed by atoms with Crippen molar-refractivity contribution in [3.63, 3.8) is 0 Å². The normalized spacial score (nSPS) is 22.6. The molecule has 11 aliphatic rings. The lowest BCUT2D eigenvalue weighted by molar-refractivity contribution is -0.388. The van der Waals surface area contributed by atoms with E-state index in [0.29, 0.717) is 74.3 Å². The number of halogens is 1. The fraction of sp³-hybridized carbons (Fsp3) is 0.471. The molecule has 45 heteroatoms. The first-order chi connectivity index (χ1) is 62.2. The van der Waals surface area contributed by atoms with Crippen LogP contribution in [0, 0.1) is 27.2 Å². The average Bonchev–Trinajstić information content (AvgIpc) is 0.961. The second-order valence-electron chi connectivity index (χ2n) is 32.1. The number of piperidine rings is 4. The molecule has 17 rings (SSSR count). The Bertz CT molecular complexity index is 5280. The molecule has 10 heterocycles. The Balaban J connectivity index is 0.000000152. The van der Waals surface area contributed by atoms with Crippen LogP contribution in [0.15, 0.2) is 167 Å². The van der Waals surface area contributed by atoms with Crippen LogP contribution < -0.4 is 55.0 Å². The third kappa shape index (κ3) is 30.0. The second kappa shape index (κ2) is 48.0. The average molecular weight is 1860 g/mol. The molecule has 4 unspecified atom stereocenters. The lowest BCUT2D eigenvalue weighted by atomic mass is 9.82. The molecule has 130 heavy (non-hydrogen) atoms. The zero-order valence-electron chi connectivity index (χ0n) is 72.7. The molecule has 700 valence electrons. The number of benzene rings is 5. The van der Waals surface area contributed by atoms with Crippen molar-refractivity contribution >= 4 is 108 Å². The summed E-state index contributed by atoms with van der Waals surface area (Å²) < 4.78 is 103. The summed E-state index contributed by atoms with van der Waals surface area (Å²) in [6.07, 6.45) is 18.2. The number of amides is 4. The van der Waals surface area contributed by atoms with E-state index in [9.17, 15) is 71.4 Å². The second-order valence-corrected chi connectivity index (χ2v) is 36.1. The number of nitro benzene ring substituents is 2. The number of anilines is 2. The van der Waals surface area contributed by atoms with E-state index in [4.69, 9.17) is 67.6 Å². The predicted molar refractivity (Wildman–Crippen MR) is 483 cm³/mol. The molecule has 6 fully saturated rings. The molecule has 10 N–H and O–H groups in total. The van der Waals surface area contributed by atoms with Crippen molar-refractivity contribution in [3.05, 3.63) is 183 Å². The van der Waals surface area contributed by atoms with Crippen molar-refractivity contribution in [1.82, 2.24) is 40.3 Å². The van der Waals surface area contributed by atoms with Crippen molar-refractivity contribution in [2.45, 2.75) is 157 Å². The maximum absolute atomic E-state index is 12.3. The molecule has 0 radical (unpaired) electrons. The topological polar surface area (TPSA) is 502 Å². The van der Waals surface area contributed by atoms with Gasteiger partial charge >= 0.3 is 31.3 Å². The molecule has 9 atom stereocenters. The maximum Gasteiger partial charge on any atom is 0.376 e. The highest BCUT2D eigenvalue weighted by Gasteiger charge is 2.37. The van der Waals surface area contributed by atoms with Crippen LogP contribution in [0.2, 0.25) is 20.5 Å². The van der Waals surface area contributed by atoms with Crippen molar-refractivity contribution in [2.75, 3.05) is 122 Å². The minimum Gasteiger partial charge on any atom is -0.508 e. The van der Waals surface area contributed by atoms with Gasteiger partial charge in [-0.1, -0.05) is 31.2 Å². The first-order valence-corrected chi connectivity index (χ1v) is 46.8. The number of aryl methyl sites for hydroxylation is 1. The number of allylic oxidation sites excluding steroid dienone is 2. The molecule has 2 aliphatic carbocycles. The number of hydrogen-bond donors (Lipinski definition) is 10. The fourth-order valence-electron chi connectivity index (χ4n) is 15.5. The van der Waals surface area contributed by atoms with Crippen LogP contribution in [-0.4, -0.2) is 288 Å². The summed E-state index contributed by atoms with van der Waals surface area (Å²) in [7, 11) is -4.89. The van der Waals surface area contributed by atoms with Gasteiger partial charge < -0.3 is 109 Å². The standard InChI is InChI=1S/C26H27N3O5.C14H21BN2O4.C13H18N2O3.C12H17BN2O6S.C8H9NO3.C6H14BNO2.C6H4ClNO4S/c1-16-4-6-20-21(27-16)7-9-24-26(20)34-19(14-31-24)13-29-10-2-3-18(12-29)33-17-5-8-23-22(11-17)28-25(30)15-32-23;1-3-6-17(15(2)19)7-8-20-11-4-5-13-12(9-11)16-14(18)10-21-13;16-13-8-17-12-4-3-9(6-11(12)15-13)18-10-2-1-5-14-7-10;1-13(16)14-8-4-5-10(9-14)21-22(19,20)12-7-3-2-6-11(12)15(17)18;10-5-1-2-7-6(3-5)9-8(11)4-12-7;1-7(10)8-4-2-3-6(9)5-8;7-13(11,12)6-4-2-1-3-5(6)8(9)10/h4-9,11,18-19H,2-3,10,12-15H2,1H3,(H,28,30);4-5,9,19H,3,6-8,10H2,1-2H3,(H,16,18);3-4,6,10-12,14H,1-2,5,7-8H2,(H,15,16);2-3,6-7,10,16H,4-5,8-9H2,1H3;1-3,6-7,10H,4H2,(H,9,11);6,9-10H,2-5H2,1H3;1-4H/t18-,19+;;10-,11?,12?;10-;;6-;/m1.11.1./s1. The van der Waals surface area contributed by atoms with E-state index in [-0.39, 0.29) is 111 Å². The Morgan fingerprint density at radius 1 is 0.638 bits per heavy atom. The molecule has 39 nitrogen and oxygen atoms in total. The highest BCUT2D eigenvalue weighted by Crippen LogP contribution is 2.40. The lowest BCUT2D eigenvalue weighted by Gasteiger charge is -2.36. The minimum absolute atomic E-state index is 0.0492. The van der Waals surface area contributed by atoms with E-state index in [0.717, 1.165) is 155 Å². The molecule has 0 spiro atoms. The van der Waals surface area contributed by atoms with E-state index in [2.05, 4.69) is 49.5 Å². The Hall–Kier alpha value is -10.5. The Kier molecular flexibility index (Phi) is 37.0. The van der Waals surface area contributed by atoms with Crippen LogP contribution in [0.25, 0.3) is 10.9 Å². The molecule has 4 amide bonds. The number of aliphatic hydroxyl groups is 2. The summed E-state index contributed by atoms with van der Waals surface area (Å²) in [4.78, 5) is 76.4. The van der Waals surface area contributed by atoms with E-state index in [1.807, 2.05) is 77.2 Å².